The van der Waals surface area contributed by atoms with Crippen molar-refractivity contribution in [2.45, 2.75) is 27.4 Å². The monoisotopic (exact) mass is 497 g/mol. The van der Waals surface area contributed by atoms with Crippen LogP contribution >= 0.6 is 11.6 Å². The zero-order valence-electron chi connectivity index (χ0n) is 19.7. The number of hydrazone groups is 1. The Labute approximate surface area is 207 Å². The highest BCUT2D eigenvalue weighted by atomic mass is 35.5. The first kappa shape index (κ1) is 25.7. The number of nitrogens with one attached hydrogen (secondary N) is 2. The first-order valence-electron chi connectivity index (χ1n) is 10.7. The summed E-state index contributed by atoms with van der Waals surface area (Å²) >= 11 is 6.05. The maximum Gasteiger partial charge on any atom is 0.329 e. The number of carbonyl (C=O) groups is 2. The molecule has 0 aliphatic rings. The van der Waals surface area contributed by atoms with Crippen molar-refractivity contribution in [3.05, 3.63) is 87.7 Å². The van der Waals surface area contributed by atoms with Crippen LogP contribution in [0.3, 0.4) is 0 Å². The number of methoxy groups -OCH3 is 1. The van der Waals surface area contributed by atoms with Gasteiger partial charge in [0.1, 0.15) is 12.4 Å². The normalized spacial score (nSPS) is 11.1. The average molecular weight is 498 g/mol. The standard InChI is InChI=1S/C26H25ClFN3O4/c1-15-8-10-19(12-16(15)2)29-25(32)26(33)31-30-17(3)18-9-11-23(24(13-18)34-4)35-14-20-21(27)6-5-7-22(20)28/h5-13H,14H2,1-4H3,(H,29,32)(H,31,33)/b30-17+. The molecule has 3 aromatic carbocycles. The number of hydrogen-bond acceptors (Lipinski definition) is 5. The van der Waals surface area contributed by atoms with Crippen LogP contribution in [0.4, 0.5) is 10.1 Å². The summed E-state index contributed by atoms with van der Waals surface area (Å²) in [6.45, 7) is 5.45. The van der Waals surface area contributed by atoms with Crippen LogP contribution in [0.15, 0.2) is 59.7 Å². The fourth-order valence-corrected chi connectivity index (χ4v) is 3.31. The Kier molecular flexibility index (Phi) is 8.43. The molecule has 2 amide bonds. The maximum atomic E-state index is 14.0. The van der Waals surface area contributed by atoms with E-state index >= 15 is 0 Å². The highest BCUT2D eigenvalue weighted by Gasteiger charge is 2.15. The Morgan fingerprint density at radius 3 is 2.46 bits per heavy atom. The Bertz CT molecular complexity index is 1270. The lowest BCUT2D eigenvalue weighted by atomic mass is 10.1. The third kappa shape index (κ3) is 6.58. The number of benzene rings is 3. The number of nitrogens with zero attached hydrogens (tertiary/aromatic N) is 1. The molecule has 35 heavy (non-hydrogen) atoms. The van der Waals surface area contributed by atoms with Gasteiger partial charge in [0, 0.05) is 16.8 Å². The van der Waals surface area contributed by atoms with Crippen LogP contribution in [-0.4, -0.2) is 24.6 Å². The van der Waals surface area contributed by atoms with Crippen molar-refractivity contribution in [1.82, 2.24) is 5.43 Å². The van der Waals surface area contributed by atoms with Crippen LogP contribution in [0.5, 0.6) is 11.5 Å². The van der Waals surface area contributed by atoms with Crippen molar-refractivity contribution in [3.63, 3.8) is 0 Å². The summed E-state index contributed by atoms with van der Waals surface area (Å²) in [4.78, 5) is 24.3. The molecule has 0 unspecified atom stereocenters. The second kappa shape index (κ2) is 11.5. The summed E-state index contributed by atoms with van der Waals surface area (Å²) in [7, 11) is 1.47. The molecule has 0 radical (unpaired) electrons. The summed E-state index contributed by atoms with van der Waals surface area (Å²) in [6, 6.07) is 14.8. The van der Waals surface area contributed by atoms with E-state index in [0.717, 1.165) is 11.1 Å². The van der Waals surface area contributed by atoms with Gasteiger partial charge >= 0.3 is 11.8 Å². The zero-order chi connectivity index (χ0) is 25.5. The molecule has 0 aromatic heterocycles. The quantitative estimate of drug-likeness (QED) is 0.268. The molecule has 0 saturated carbocycles. The van der Waals surface area contributed by atoms with Gasteiger partial charge < -0.3 is 14.8 Å². The zero-order valence-corrected chi connectivity index (χ0v) is 20.5. The minimum atomic E-state index is -0.906. The maximum absolute atomic E-state index is 14.0. The van der Waals surface area contributed by atoms with Crippen molar-refractivity contribution >= 4 is 34.8 Å². The molecule has 7 nitrogen and oxygen atoms in total. The van der Waals surface area contributed by atoms with Crippen LogP contribution in [-0.2, 0) is 16.2 Å². The number of halogens is 2. The second-order valence-corrected chi connectivity index (χ2v) is 8.15. The van der Waals surface area contributed by atoms with Crippen LogP contribution in [0, 0.1) is 19.7 Å². The van der Waals surface area contributed by atoms with Gasteiger partial charge in [-0.2, -0.15) is 5.10 Å². The number of rotatable bonds is 7. The van der Waals surface area contributed by atoms with Gasteiger partial charge in [-0.25, -0.2) is 9.82 Å². The van der Waals surface area contributed by atoms with E-state index in [2.05, 4.69) is 15.8 Å². The van der Waals surface area contributed by atoms with Crippen LogP contribution < -0.4 is 20.2 Å². The van der Waals surface area contributed by atoms with Crippen molar-refractivity contribution in [2.24, 2.45) is 5.10 Å². The first-order valence-corrected chi connectivity index (χ1v) is 11.0. The van der Waals surface area contributed by atoms with Crippen LogP contribution in [0.2, 0.25) is 5.02 Å². The Balaban J connectivity index is 1.65. The molecular formula is C26H25ClFN3O4. The predicted octanol–water partition coefficient (Wildman–Crippen LogP) is 5.16. The first-order chi connectivity index (χ1) is 16.7. The number of amides is 2. The molecule has 0 aliphatic heterocycles. The smallest absolute Gasteiger partial charge is 0.329 e. The fraction of sp³-hybridized carbons (Fsp3) is 0.192. The Morgan fingerprint density at radius 1 is 1.00 bits per heavy atom. The van der Waals surface area contributed by atoms with E-state index in [1.807, 2.05) is 19.9 Å². The molecule has 0 saturated heterocycles. The van der Waals surface area contributed by atoms with E-state index in [1.54, 1.807) is 43.3 Å². The average Bonchev–Trinajstić information content (AvgIpc) is 2.84. The van der Waals surface area contributed by atoms with E-state index in [1.165, 1.54) is 19.2 Å². The summed E-state index contributed by atoms with van der Waals surface area (Å²) in [5.74, 6) is -1.45. The number of aryl methyl sites for hydroxylation is 2. The van der Waals surface area contributed by atoms with Crippen molar-refractivity contribution in [1.29, 1.82) is 0 Å². The minimum Gasteiger partial charge on any atom is -0.493 e. The highest BCUT2D eigenvalue weighted by molar-refractivity contribution is 6.39. The molecule has 0 spiro atoms. The van der Waals surface area contributed by atoms with E-state index in [0.29, 0.717) is 28.5 Å². The van der Waals surface area contributed by atoms with Gasteiger partial charge in [0.2, 0.25) is 0 Å². The van der Waals surface area contributed by atoms with Crippen LogP contribution in [0.1, 0.15) is 29.2 Å². The van der Waals surface area contributed by atoms with E-state index in [4.69, 9.17) is 21.1 Å². The Morgan fingerprint density at radius 2 is 1.77 bits per heavy atom. The molecule has 182 valence electrons. The molecule has 2 N–H and O–H groups in total. The molecule has 9 heteroatoms. The third-order valence-electron chi connectivity index (χ3n) is 5.31. The van der Waals surface area contributed by atoms with Gasteiger partial charge in [-0.15, -0.1) is 0 Å². The van der Waals surface area contributed by atoms with Gasteiger partial charge in [-0.1, -0.05) is 23.7 Å². The summed E-state index contributed by atoms with van der Waals surface area (Å²) < 4.78 is 25.1. The van der Waals surface area contributed by atoms with Crippen molar-refractivity contribution in [2.75, 3.05) is 12.4 Å². The van der Waals surface area contributed by atoms with Gasteiger partial charge in [-0.05, 0) is 74.4 Å². The highest BCUT2D eigenvalue weighted by Crippen LogP contribution is 2.30. The van der Waals surface area contributed by atoms with E-state index in [9.17, 15) is 14.0 Å². The molecule has 0 atom stereocenters. The van der Waals surface area contributed by atoms with Crippen molar-refractivity contribution < 1.29 is 23.5 Å². The number of hydrogen-bond donors (Lipinski definition) is 2. The topological polar surface area (TPSA) is 89.0 Å². The lowest BCUT2D eigenvalue weighted by Crippen LogP contribution is -2.33. The predicted molar refractivity (Wildman–Crippen MR) is 134 cm³/mol. The molecular weight excluding hydrogens is 473 g/mol. The Hall–Kier alpha value is -3.91. The lowest BCUT2D eigenvalue weighted by molar-refractivity contribution is -0.136. The molecule has 0 fully saturated rings. The van der Waals surface area contributed by atoms with Gasteiger partial charge in [0.15, 0.2) is 11.5 Å². The third-order valence-corrected chi connectivity index (χ3v) is 5.67. The van der Waals surface area contributed by atoms with E-state index < -0.39 is 17.6 Å². The largest absolute Gasteiger partial charge is 0.493 e. The summed E-state index contributed by atoms with van der Waals surface area (Å²) in [5, 5.41) is 6.81. The van der Waals surface area contributed by atoms with Gasteiger partial charge in [0.25, 0.3) is 0 Å². The molecule has 0 bridgehead atoms. The summed E-state index contributed by atoms with van der Waals surface area (Å²) in [5.41, 5.74) is 6.13. The second-order valence-electron chi connectivity index (χ2n) is 7.75. The molecule has 0 heterocycles. The molecule has 3 rings (SSSR count). The molecule has 0 aliphatic carbocycles. The summed E-state index contributed by atoms with van der Waals surface area (Å²) in [6.07, 6.45) is 0. The number of carbonyl (C=O) groups excluding carboxylic acids is 2. The SMILES string of the molecule is COc1cc(/C(C)=N/NC(=O)C(=O)Nc2ccc(C)c(C)c2)ccc1OCc1c(F)cccc1Cl. The van der Waals surface area contributed by atoms with Gasteiger partial charge in [-0.3, -0.25) is 9.59 Å². The number of ether oxygens (including phenoxy) is 2. The molecule has 3 aromatic rings. The van der Waals surface area contributed by atoms with Crippen molar-refractivity contribution in [3.8, 4) is 11.5 Å². The van der Waals surface area contributed by atoms with Crippen LogP contribution in [0.25, 0.3) is 0 Å². The number of anilines is 1. The lowest BCUT2D eigenvalue weighted by Gasteiger charge is -2.13. The van der Waals surface area contributed by atoms with E-state index in [-0.39, 0.29) is 17.2 Å². The fourth-order valence-electron chi connectivity index (χ4n) is 3.09. The van der Waals surface area contributed by atoms with Gasteiger partial charge in [0.05, 0.1) is 17.8 Å². The minimum absolute atomic E-state index is 0.0834.